The summed E-state index contributed by atoms with van der Waals surface area (Å²) in [4.78, 5) is 4.80. The van der Waals surface area contributed by atoms with E-state index in [1.165, 1.54) is 27.1 Å². The molecule has 0 amide bonds. The first-order chi connectivity index (χ1) is 29.4. The van der Waals surface area contributed by atoms with Gasteiger partial charge in [-0.2, -0.15) is 0 Å². The molecule has 2 aromatic heterocycles. The minimum atomic E-state index is -0.0945. The third kappa shape index (κ3) is 5.17. The highest BCUT2D eigenvalue weighted by molar-refractivity contribution is 6.30. The molecule has 0 radical (unpaired) electrons. The third-order valence-electron chi connectivity index (χ3n) is 12.3. The van der Waals surface area contributed by atoms with Crippen LogP contribution in [0.15, 0.2) is 197 Å². The van der Waals surface area contributed by atoms with Gasteiger partial charge in [0.25, 0.3) is 0 Å². The summed E-state index contributed by atoms with van der Waals surface area (Å²) >= 11 is 0. The lowest BCUT2D eigenvalue weighted by atomic mass is 9.82. The molecule has 12 aromatic rings. The van der Waals surface area contributed by atoms with Crippen molar-refractivity contribution in [1.82, 2.24) is 0 Å². The summed E-state index contributed by atoms with van der Waals surface area (Å²) in [5.41, 5.74) is 10.9. The molecule has 0 atom stereocenters. The van der Waals surface area contributed by atoms with Crippen molar-refractivity contribution < 1.29 is 8.83 Å². The summed E-state index contributed by atoms with van der Waals surface area (Å²) in [6.07, 6.45) is 0. The van der Waals surface area contributed by atoms with Gasteiger partial charge in [0.1, 0.15) is 11.2 Å². The first-order valence-electron chi connectivity index (χ1n) is 20.7. The first-order valence-corrected chi connectivity index (χ1v) is 20.7. The minimum Gasteiger partial charge on any atom is -0.454 e. The molecule has 0 aliphatic carbocycles. The molecule has 4 heteroatoms. The van der Waals surface area contributed by atoms with Gasteiger partial charge in [-0.1, -0.05) is 148 Å². The van der Waals surface area contributed by atoms with E-state index >= 15 is 0 Å². The maximum Gasteiger partial charge on any atom is 0.159 e. The molecule has 0 unspecified atom stereocenters. The van der Waals surface area contributed by atoms with Crippen LogP contribution in [-0.2, 0) is 5.41 Å². The van der Waals surface area contributed by atoms with Crippen LogP contribution in [0.25, 0.3) is 76.2 Å². The van der Waals surface area contributed by atoms with E-state index in [9.17, 15) is 0 Å². The lowest BCUT2D eigenvalue weighted by molar-refractivity contribution is 0.591. The lowest BCUT2D eigenvalue weighted by Crippen LogP contribution is -2.14. The minimum absolute atomic E-state index is 0.0945. The highest BCUT2D eigenvalue weighted by Gasteiger charge is 2.28. The summed E-state index contributed by atoms with van der Waals surface area (Å²) in [6, 6.07) is 67.5. The second-order valence-corrected chi connectivity index (χ2v) is 16.9. The molecule has 0 N–H and O–H groups in total. The zero-order chi connectivity index (χ0) is 40.1. The van der Waals surface area contributed by atoms with E-state index in [1.54, 1.807) is 0 Å². The predicted molar refractivity (Wildman–Crippen MR) is 253 cm³/mol. The van der Waals surface area contributed by atoms with Crippen LogP contribution >= 0.6 is 0 Å². The molecular weight excluding hydrogens is 733 g/mol. The van der Waals surface area contributed by atoms with Crippen molar-refractivity contribution >= 4 is 110 Å². The number of hydrogen-bond acceptors (Lipinski definition) is 4. The Morgan fingerprint density at radius 3 is 1.22 bits per heavy atom. The standard InChI is InChI=1S/C56H40N2O2/c1-56(2,3)37-31-35-33-48(57(38-17-6-4-7-18-38)46-27-15-23-42-40-21-10-12-29-50(40)59-54(42)46)44-25-14-26-45-49(34-36(32-37)52(35)53(44)45)58(39-19-8-5-9-20-39)47-28-16-24-43-41-22-11-13-30-51(41)60-55(43)47/h4-34H,1-3H3. The molecule has 0 saturated carbocycles. The number of nitrogens with zero attached hydrogens (tertiary/aromatic N) is 2. The van der Waals surface area contributed by atoms with Gasteiger partial charge in [-0.05, 0) is 87.8 Å². The van der Waals surface area contributed by atoms with Crippen molar-refractivity contribution in [3.05, 3.63) is 194 Å². The molecule has 0 aliphatic rings. The fourth-order valence-electron chi connectivity index (χ4n) is 9.49. The molecule has 0 saturated heterocycles. The number of para-hydroxylation sites is 6. The second kappa shape index (κ2) is 13.0. The summed E-state index contributed by atoms with van der Waals surface area (Å²) in [7, 11) is 0. The van der Waals surface area contributed by atoms with Crippen LogP contribution in [-0.4, -0.2) is 0 Å². The SMILES string of the molecule is CC(C)(C)c1cc2cc(N(c3ccccc3)c3cccc4c3oc3ccccc34)c3cccc4c(N(c5ccccc5)c5cccc6c5oc5ccccc56)cc(c1)c2c34. The molecule has 0 aliphatic heterocycles. The van der Waals surface area contributed by atoms with Gasteiger partial charge in [0, 0.05) is 49.1 Å². The lowest BCUT2D eigenvalue weighted by Gasteiger charge is -2.31. The van der Waals surface area contributed by atoms with E-state index in [0.717, 1.165) is 88.8 Å². The molecule has 2 heterocycles. The maximum atomic E-state index is 6.76. The van der Waals surface area contributed by atoms with Crippen molar-refractivity contribution in [3.63, 3.8) is 0 Å². The van der Waals surface area contributed by atoms with Crippen LogP contribution in [0.2, 0.25) is 0 Å². The highest BCUT2D eigenvalue weighted by Crippen LogP contribution is 2.52. The number of hydrogen-bond donors (Lipinski definition) is 0. The Morgan fingerprint density at radius 2 is 0.750 bits per heavy atom. The van der Waals surface area contributed by atoms with E-state index < -0.39 is 0 Å². The van der Waals surface area contributed by atoms with Crippen LogP contribution in [0, 0.1) is 0 Å². The Kier molecular flexibility index (Phi) is 7.45. The van der Waals surface area contributed by atoms with Crippen LogP contribution in [0.1, 0.15) is 26.3 Å². The molecule has 4 nitrogen and oxygen atoms in total. The average Bonchev–Trinajstić information content (AvgIpc) is 3.86. The van der Waals surface area contributed by atoms with Crippen molar-refractivity contribution in [2.75, 3.05) is 9.80 Å². The first kappa shape index (κ1) is 34.5. The largest absolute Gasteiger partial charge is 0.454 e. The van der Waals surface area contributed by atoms with Crippen molar-refractivity contribution in [1.29, 1.82) is 0 Å². The molecule has 10 aromatic carbocycles. The van der Waals surface area contributed by atoms with Gasteiger partial charge < -0.3 is 18.6 Å². The Hall–Kier alpha value is -7.56. The van der Waals surface area contributed by atoms with E-state index in [-0.39, 0.29) is 5.41 Å². The molecule has 0 spiro atoms. The predicted octanol–water partition coefficient (Wildman–Crippen LogP) is 16.6. The summed E-state index contributed by atoms with van der Waals surface area (Å²) in [6.45, 7) is 6.91. The second-order valence-electron chi connectivity index (χ2n) is 16.9. The van der Waals surface area contributed by atoms with Gasteiger partial charge in [0.2, 0.25) is 0 Å². The molecule has 60 heavy (non-hydrogen) atoms. The zero-order valence-electron chi connectivity index (χ0n) is 33.6. The molecule has 12 rings (SSSR count). The average molecular weight is 773 g/mol. The third-order valence-corrected chi connectivity index (χ3v) is 12.3. The van der Waals surface area contributed by atoms with E-state index in [4.69, 9.17) is 8.83 Å². The van der Waals surface area contributed by atoms with Crippen molar-refractivity contribution in [2.45, 2.75) is 26.2 Å². The zero-order valence-corrected chi connectivity index (χ0v) is 33.6. The quantitative estimate of drug-likeness (QED) is 0.158. The van der Waals surface area contributed by atoms with Crippen LogP contribution in [0.4, 0.5) is 34.1 Å². The topological polar surface area (TPSA) is 32.8 Å². The van der Waals surface area contributed by atoms with E-state index in [1.807, 2.05) is 12.1 Å². The Bertz CT molecular complexity index is 3370. The molecule has 0 bridgehead atoms. The Labute approximate surface area is 347 Å². The van der Waals surface area contributed by atoms with E-state index in [0.29, 0.717) is 0 Å². The van der Waals surface area contributed by atoms with Gasteiger partial charge in [-0.25, -0.2) is 0 Å². The van der Waals surface area contributed by atoms with Crippen LogP contribution in [0.5, 0.6) is 0 Å². The van der Waals surface area contributed by atoms with Crippen molar-refractivity contribution in [3.8, 4) is 0 Å². The molecular formula is C56H40N2O2. The van der Waals surface area contributed by atoms with Gasteiger partial charge in [0.15, 0.2) is 11.2 Å². The van der Waals surface area contributed by atoms with Crippen LogP contribution < -0.4 is 9.80 Å². The molecule has 0 fully saturated rings. The number of furan rings is 2. The smallest absolute Gasteiger partial charge is 0.159 e. The number of fused-ring (bicyclic) bond motifs is 6. The van der Waals surface area contributed by atoms with Gasteiger partial charge in [-0.15, -0.1) is 0 Å². The summed E-state index contributed by atoms with van der Waals surface area (Å²) < 4.78 is 13.5. The number of rotatable bonds is 6. The Morgan fingerprint density at radius 1 is 0.350 bits per heavy atom. The van der Waals surface area contributed by atoms with Gasteiger partial charge >= 0.3 is 0 Å². The van der Waals surface area contributed by atoms with Gasteiger partial charge in [-0.3, -0.25) is 0 Å². The molecule has 286 valence electrons. The fourth-order valence-corrected chi connectivity index (χ4v) is 9.49. The number of anilines is 6. The van der Waals surface area contributed by atoms with Gasteiger partial charge in [0.05, 0.1) is 22.7 Å². The highest BCUT2D eigenvalue weighted by atomic mass is 16.3. The monoisotopic (exact) mass is 772 g/mol. The maximum absolute atomic E-state index is 6.76. The number of benzene rings is 10. The fraction of sp³-hybridized carbons (Fsp3) is 0.0714. The van der Waals surface area contributed by atoms with Crippen molar-refractivity contribution in [2.24, 2.45) is 0 Å². The Balaban J connectivity index is 1.22. The van der Waals surface area contributed by atoms with E-state index in [2.05, 4.69) is 206 Å². The summed E-state index contributed by atoms with van der Waals surface area (Å²) in [5, 5.41) is 11.6. The summed E-state index contributed by atoms with van der Waals surface area (Å²) in [5.74, 6) is 0. The normalized spacial score (nSPS) is 12.2. The van der Waals surface area contributed by atoms with Crippen LogP contribution in [0.3, 0.4) is 0 Å².